The highest BCUT2D eigenvalue weighted by Gasteiger charge is 2.12. The maximum absolute atomic E-state index is 12.1. The van der Waals surface area contributed by atoms with E-state index in [0.29, 0.717) is 10.7 Å². The number of hydrogen-bond donors (Lipinski definition) is 2. The zero-order valence-electron chi connectivity index (χ0n) is 14.5. The van der Waals surface area contributed by atoms with Crippen molar-refractivity contribution in [1.82, 2.24) is 10.3 Å². The topological polar surface area (TPSA) is 71.1 Å². The predicted molar refractivity (Wildman–Crippen MR) is 107 cm³/mol. The molecule has 0 aliphatic rings. The number of thiophene rings is 1. The van der Waals surface area contributed by atoms with Gasteiger partial charge in [0.25, 0.3) is 5.91 Å². The van der Waals surface area contributed by atoms with Gasteiger partial charge in [0.15, 0.2) is 5.13 Å². The Morgan fingerprint density at radius 3 is 2.58 bits per heavy atom. The van der Waals surface area contributed by atoms with Gasteiger partial charge in [0, 0.05) is 34.3 Å². The molecule has 2 heterocycles. The first-order chi connectivity index (χ1) is 12.5. The maximum atomic E-state index is 12.1. The third-order valence-corrected chi connectivity index (χ3v) is 5.36. The Bertz CT molecular complexity index is 900. The first-order valence-electron chi connectivity index (χ1n) is 8.17. The van der Waals surface area contributed by atoms with Crippen LogP contribution in [0.3, 0.4) is 0 Å². The number of aromatic nitrogens is 1. The van der Waals surface area contributed by atoms with E-state index < -0.39 is 0 Å². The maximum Gasteiger partial charge on any atom is 0.252 e. The first-order valence-corrected chi connectivity index (χ1v) is 9.93. The molecular weight excluding hydrogens is 366 g/mol. The Hall–Kier alpha value is -2.51. The summed E-state index contributed by atoms with van der Waals surface area (Å²) in [6.45, 7) is 4.32. The second kappa shape index (κ2) is 8.25. The monoisotopic (exact) mass is 385 g/mol. The molecule has 3 rings (SSSR count). The number of amides is 2. The van der Waals surface area contributed by atoms with E-state index in [2.05, 4.69) is 15.6 Å². The molecule has 0 unspecified atom stereocenters. The number of carbonyl (C=O) groups is 2. The standard InChI is InChI=1S/C19H19N3O2S2/c1-12-3-5-14(6-4-12)17-13(2)26-19(22-17)21-16(23)7-9-20-18(24)15-8-10-25-11-15/h3-6,8,10-11H,7,9H2,1-2H3,(H,20,24)(H,21,22,23). The average molecular weight is 386 g/mol. The molecule has 2 amide bonds. The van der Waals surface area contributed by atoms with Crippen molar-refractivity contribution in [1.29, 1.82) is 0 Å². The van der Waals surface area contributed by atoms with Gasteiger partial charge in [-0.05, 0) is 25.3 Å². The third kappa shape index (κ3) is 4.56. The highest BCUT2D eigenvalue weighted by molar-refractivity contribution is 7.16. The van der Waals surface area contributed by atoms with Crippen LogP contribution in [-0.4, -0.2) is 23.3 Å². The molecular formula is C19H19N3O2S2. The summed E-state index contributed by atoms with van der Waals surface area (Å²) >= 11 is 2.92. The van der Waals surface area contributed by atoms with E-state index in [4.69, 9.17) is 0 Å². The van der Waals surface area contributed by atoms with E-state index in [-0.39, 0.29) is 24.8 Å². The number of carbonyl (C=O) groups excluding carboxylic acids is 2. The SMILES string of the molecule is Cc1ccc(-c2nc(NC(=O)CCNC(=O)c3ccsc3)sc2C)cc1. The van der Waals surface area contributed by atoms with Crippen LogP contribution in [0.1, 0.15) is 27.2 Å². The van der Waals surface area contributed by atoms with Crippen molar-refractivity contribution in [3.8, 4) is 11.3 Å². The summed E-state index contributed by atoms with van der Waals surface area (Å²) in [4.78, 5) is 29.5. The average Bonchev–Trinajstić information content (AvgIpc) is 3.25. The van der Waals surface area contributed by atoms with Gasteiger partial charge in [-0.25, -0.2) is 4.98 Å². The van der Waals surface area contributed by atoms with Crippen molar-refractivity contribution in [2.45, 2.75) is 20.3 Å². The quantitative estimate of drug-likeness (QED) is 0.666. The second-order valence-electron chi connectivity index (χ2n) is 5.86. The van der Waals surface area contributed by atoms with Crippen LogP contribution >= 0.6 is 22.7 Å². The Morgan fingerprint density at radius 1 is 1.12 bits per heavy atom. The van der Waals surface area contributed by atoms with Crippen LogP contribution in [0.25, 0.3) is 11.3 Å². The molecule has 0 aliphatic heterocycles. The van der Waals surface area contributed by atoms with Gasteiger partial charge < -0.3 is 10.6 Å². The summed E-state index contributed by atoms with van der Waals surface area (Å²) in [7, 11) is 0. The van der Waals surface area contributed by atoms with Gasteiger partial charge in [-0.2, -0.15) is 11.3 Å². The number of anilines is 1. The molecule has 2 aromatic heterocycles. The van der Waals surface area contributed by atoms with Crippen molar-refractivity contribution in [2.24, 2.45) is 0 Å². The number of nitrogens with one attached hydrogen (secondary N) is 2. The van der Waals surface area contributed by atoms with Crippen molar-refractivity contribution in [3.63, 3.8) is 0 Å². The summed E-state index contributed by atoms with van der Waals surface area (Å²) in [6.07, 6.45) is 0.203. The molecule has 2 N–H and O–H groups in total. The fourth-order valence-electron chi connectivity index (χ4n) is 2.40. The molecule has 7 heteroatoms. The van der Waals surface area contributed by atoms with E-state index >= 15 is 0 Å². The fraction of sp³-hybridized carbons (Fsp3) is 0.211. The van der Waals surface area contributed by atoms with E-state index in [0.717, 1.165) is 16.1 Å². The highest BCUT2D eigenvalue weighted by Crippen LogP contribution is 2.30. The predicted octanol–water partition coefficient (Wildman–Crippen LogP) is 4.25. The lowest BCUT2D eigenvalue weighted by atomic mass is 10.1. The van der Waals surface area contributed by atoms with Crippen LogP contribution in [0.15, 0.2) is 41.1 Å². The van der Waals surface area contributed by atoms with Gasteiger partial charge >= 0.3 is 0 Å². The number of aryl methyl sites for hydroxylation is 2. The molecule has 0 fully saturated rings. The van der Waals surface area contributed by atoms with Gasteiger partial charge in [0.1, 0.15) is 0 Å². The number of rotatable bonds is 6. The number of hydrogen-bond acceptors (Lipinski definition) is 5. The van der Waals surface area contributed by atoms with Crippen molar-refractivity contribution in [2.75, 3.05) is 11.9 Å². The minimum atomic E-state index is -0.167. The van der Waals surface area contributed by atoms with E-state index in [1.54, 1.807) is 11.4 Å². The van der Waals surface area contributed by atoms with Crippen molar-refractivity contribution in [3.05, 3.63) is 57.1 Å². The van der Waals surface area contributed by atoms with Crippen LogP contribution < -0.4 is 10.6 Å². The molecule has 0 saturated heterocycles. The van der Waals surface area contributed by atoms with Crippen molar-refractivity contribution < 1.29 is 9.59 Å². The van der Waals surface area contributed by atoms with Gasteiger partial charge in [-0.1, -0.05) is 29.8 Å². The lowest BCUT2D eigenvalue weighted by molar-refractivity contribution is -0.116. The summed E-state index contributed by atoms with van der Waals surface area (Å²) in [5, 5.41) is 9.75. The largest absolute Gasteiger partial charge is 0.351 e. The number of thiazole rings is 1. The third-order valence-electron chi connectivity index (χ3n) is 3.79. The molecule has 0 saturated carbocycles. The Labute approximate surface area is 160 Å². The normalized spacial score (nSPS) is 10.5. The summed E-state index contributed by atoms with van der Waals surface area (Å²) in [6, 6.07) is 9.90. The summed E-state index contributed by atoms with van der Waals surface area (Å²) in [5.41, 5.74) is 3.73. The zero-order valence-corrected chi connectivity index (χ0v) is 16.2. The van der Waals surface area contributed by atoms with Crippen LogP contribution in [0.2, 0.25) is 0 Å². The van der Waals surface area contributed by atoms with Crippen LogP contribution in [0, 0.1) is 13.8 Å². The molecule has 1 aromatic carbocycles. The summed E-state index contributed by atoms with van der Waals surface area (Å²) in [5.74, 6) is -0.328. The molecule has 0 spiro atoms. The first kappa shape index (κ1) is 18.3. The van der Waals surface area contributed by atoms with E-state index in [1.807, 2.05) is 43.5 Å². The highest BCUT2D eigenvalue weighted by atomic mass is 32.1. The fourth-order valence-corrected chi connectivity index (χ4v) is 3.88. The van der Waals surface area contributed by atoms with E-state index in [1.165, 1.54) is 28.2 Å². The number of benzene rings is 1. The second-order valence-corrected chi connectivity index (χ2v) is 7.84. The molecule has 0 radical (unpaired) electrons. The lowest BCUT2D eigenvalue weighted by Gasteiger charge is -2.04. The minimum absolute atomic E-state index is 0.161. The smallest absolute Gasteiger partial charge is 0.252 e. The minimum Gasteiger partial charge on any atom is -0.351 e. The summed E-state index contributed by atoms with van der Waals surface area (Å²) < 4.78 is 0. The Balaban J connectivity index is 1.54. The molecule has 0 bridgehead atoms. The van der Waals surface area contributed by atoms with Crippen LogP contribution in [0.4, 0.5) is 5.13 Å². The Morgan fingerprint density at radius 2 is 1.88 bits per heavy atom. The van der Waals surface area contributed by atoms with Gasteiger partial charge in [-0.3, -0.25) is 9.59 Å². The Kier molecular flexibility index (Phi) is 5.80. The van der Waals surface area contributed by atoms with Gasteiger partial charge in [0.2, 0.25) is 5.91 Å². The molecule has 26 heavy (non-hydrogen) atoms. The van der Waals surface area contributed by atoms with Crippen LogP contribution in [-0.2, 0) is 4.79 Å². The molecule has 0 aliphatic carbocycles. The molecule has 5 nitrogen and oxygen atoms in total. The van der Waals surface area contributed by atoms with Crippen LogP contribution in [0.5, 0.6) is 0 Å². The lowest BCUT2D eigenvalue weighted by Crippen LogP contribution is -2.27. The van der Waals surface area contributed by atoms with Gasteiger partial charge in [0.05, 0.1) is 5.69 Å². The molecule has 0 atom stereocenters. The number of nitrogens with zero attached hydrogens (tertiary/aromatic N) is 1. The van der Waals surface area contributed by atoms with E-state index in [9.17, 15) is 9.59 Å². The molecule has 134 valence electrons. The zero-order chi connectivity index (χ0) is 18.5. The van der Waals surface area contributed by atoms with Gasteiger partial charge in [-0.15, -0.1) is 11.3 Å². The molecule has 3 aromatic rings. The van der Waals surface area contributed by atoms with Crippen molar-refractivity contribution >= 4 is 39.6 Å².